The molecule has 18 heavy (non-hydrogen) atoms. The topological polar surface area (TPSA) is 38.3 Å². The minimum Gasteiger partial charge on any atom is -0.466 e. The zero-order valence-corrected chi connectivity index (χ0v) is 9.83. The number of halogens is 3. The van der Waals surface area contributed by atoms with E-state index in [0.717, 1.165) is 0 Å². The molecule has 0 radical (unpaired) electrons. The Labute approximate surface area is 103 Å². The lowest BCUT2D eigenvalue weighted by Crippen LogP contribution is -2.38. The Morgan fingerprint density at radius 1 is 1.33 bits per heavy atom. The van der Waals surface area contributed by atoms with Crippen molar-refractivity contribution in [1.82, 2.24) is 0 Å². The molecule has 0 aliphatic rings. The van der Waals surface area contributed by atoms with Gasteiger partial charge in [0.25, 0.3) is 0 Å². The zero-order chi connectivity index (χ0) is 13.6. The Balaban J connectivity index is 2.71. The second kappa shape index (κ2) is 6.28. The molecule has 3 nitrogen and oxygen atoms in total. The summed E-state index contributed by atoms with van der Waals surface area (Å²) in [6, 6.07) is 5.98. The molecule has 1 atom stereocenters. The Hall–Kier alpha value is -1.72. The largest absolute Gasteiger partial charge is 0.466 e. The van der Waals surface area contributed by atoms with Crippen LogP contribution in [-0.4, -0.2) is 24.8 Å². The number of anilines is 1. The highest BCUT2D eigenvalue weighted by molar-refractivity contribution is 5.71. The van der Waals surface area contributed by atoms with Gasteiger partial charge in [-0.3, -0.25) is 4.79 Å². The smallest absolute Gasteiger partial charge is 0.409 e. The van der Waals surface area contributed by atoms with Crippen LogP contribution in [-0.2, 0) is 9.53 Å². The van der Waals surface area contributed by atoms with Crippen LogP contribution < -0.4 is 5.32 Å². The summed E-state index contributed by atoms with van der Waals surface area (Å²) in [6.07, 6.45) is -5.26. The number of carbonyl (C=O) groups excluding carboxylic acids is 1. The van der Waals surface area contributed by atoms with Gasteiger partial charge < -0.3 is 10.1 Å². The van der Waals surface area contributed by atoms with Crippen molar-refractivity contribution in [3.63, 3.8) is 0 Å². The molecule has 0 saturated carbocycles. The van der Waals surface area contributed by atoms with Crippen molar-refractivity contribution in [2.45, 2.75) is 25.6 Å². The quantitative estimate of drug-likeness (QED) is 0.828. The predicted molar refractivity (Wildman–Crippen MR) is 61.2 cm³/mol. The number of hydrogen-bond acceptors (Lipinski definition) is 3. The van der Waals surface area contributed by atoms with Crippen LogP contribution in [0.25, 0.3) is 0 Å². The highest BCUT2D eigenvalue weighted by atomic mass is 19.4. The molecule has 0 fully saturated rings. The average Bonchev–Trinajstić information content (AvgIpc) is 2.28. The summed E-state index contributed by atoms with van der Waals surface area (Å²) in [6.45, 7) is 1.61. The first-order valence-electron chi connectivity index (χ1n) is 5.47. The van der Waals surface area contributed by atoms with Crippen molar-refractivity contribution in [3.05, 3.63) is 30.3 Å². The molecule has 1 rings (SSSR count). The lowest BCUT2D eigenvalue weighted by atomic mass is 10.2. The Kier molecular flexibility index (Phi) is 5.00. The number of para-hydroxylation sites is 1. The van der Waals surface area contributed by atoms with Crippen LogP contribution in [0.3, 0.4) is 0 Å². The first-order valence-corrected chi connectivity index (χ1v) is 5.47. The summed E-state index contributed by atoms with van der Waals surface area (Å²) in [5, 5.41) is 2.28. The van der Waals surface area contributed by atoms with Crippen LogP contribution in [0.1, 0.15) is 13.3 Å². The van der Waals surface area contributed by atoms with Gasteiger partial charge in [0.05, 0.1) is 13.0 Å². The van der Waals surface area contributed by atoms with E-state index in [4.69, 9.17) is 0 Å². The molecule has 100 valence electrons. The normalized spacial score (nSPS) is 12.9. The van der Waals surface area contributed by atoms with E-state index >= 15 is 0 Å². The second-order valence-electron chi connectivity index (χ2n) is 3.61. The van der Waals surface area contributed by atoms with Gasteiger partial charge in [0.1, 0.15) is 6.04 Å². The monoisotopic (exact) mass is 261 g/mol. The minimum absolute atomic E-state index is 0.0642. The molecule has 0 spiro atoms. The number of rotatable bonds is 5. The fourth-order valence-corrected chi connectivity index (χ4v) is 1.37. The third kappa shape index (κ3) is 4.65. The van der Waals surface area contributed by atoms with Crippen LogP contribution in [0.5, 0.6) is 0 Å². The van der Waals surface area contributed by atoms with Crippen molar-refractivity contribution < 1.29 is 22.7 Å². The highest BCUT2D eigenvalue weighted by Gasteiger charge is 2.41. The molecular formula is C12H14F3NO2. The van der Waals surface area contributed by atoms with Crippen LogP contribution in [0, 0.1) is 0 Å². The molecule has 1 N–H and O–H groups in total. The van der Waals surface area contributed by atoms with Gasteiger partial charge >= 0.3 is 12.1 Å². The lowest BCUT2D eigenvalue weighted by Gasteiger charge is -2.21. The summed E-state index contributed by atoms with van der Waals surface area (Å²) >= 11 is 0. The molecule has 0 aliphatic carbocycles. The summed E-state index contributed by atoms with van der Waals surface area (Å²) in [7, 11) is 0. The van der Waals surface area contributed by atoms with Gasteiger partial charge in [-0.05, 0) is 19.1 Å². The maximum absolute atomic E-state index is 12.7. The third-order valence-corrected chi connectivity index (χ3v) is 2.19. The second-order valence-corrected chi connectivity index (χ2v) is 3.61. The van der Waals surface area contributed by atoms with Crippen LogP contribution in [0.15, 0.2) is 30.3 Å². The molecule has 6 heteroatoms. The van der Waals surface area contributed by atoms with E-state index in [-0.39, 0.29) is 6.61 Å². The maximum Gasteiger partial charge on any atom is 0.409 e. The molecule has 0 bridgehead atoms. The first kappa shape index (κ1) is 14.3. The van der Waals surface area contributed by atoms with Gasteiger partial charge in [-0.2, -0.15) is 13.2 Å². The predicted octanol–water partition coefficient (Wildman–Crippen LogP) is 2.98. The van der Waals surface area contributed by atoms with E-state index < -0.39 is 24.6 Å². The van der Waals surface area contributed by atoms with E-state index in [0.29, 0.717) is 5.69 Å². The van der Waals surface area contributed by atoms with Gasteiger partial charge in [-0.15, -0.1) is 0 Å². The number of ether oxygens (including phenoxy) is 1. The number of benzene rings is 1. The van der Waals surface area contributed by atoms with E-state index in [1.165, 1.54) is 12.1 Å². The SMILES string of the molecule is CCOC(=O)C[C@@H](Nc1ccccc1)C(F)(F)F. The summed E-state index contributed by atoms with van der Waals surface area (Å²) in [5.41, 5.74) is 0.309. The molecular weight excluding hydrogens is 247 g/mol. The van der Waals surface area contributed by atoms with Gasteiger partial charge in [-0.25, -0.2) is 0 Å². The lowest BCUT2D eigenvalue weighted by molar-refractivity contribution is -0.161. The number of hydrogen-bond donors (Lipinski definition) is 1. The van der Waals surface area contributed by atoms with E-state index in [9.17, 15) is 18.0 Å². The van der Waals surface area contributed by atoms with E-state index in [1.54, 1.807) is 25.1 Å². The first-order chi connectivity index (χ1) is 8.43. The van der Waals surface area contributed by atoms with Crippen molar-refractivity contribution >= 4 is 11.7 Å². The van der Waals surface area contributed by atoms with Crippen molar-refractivity contribution in [3.8, 4) is 0 Å². The van der Waals surface area contributed by atoms with E-state index in [1.807, 2.05) is 0 Å². The summed E-state index contributed by atoms with van der Waals surface area (Å²) in [4.78, 5) is 11.1. The zero-order valence-electron chi connectivity index (χ0n) is 9.83. The molecule has 0 saturated heterocycles. The number of alkyl halides is 3. The van der Waals surface area contributed by atoms with Crippen molar-refractivity contribution in [2.75, 3.05) is 11.9 Å². The van der Waals surface area contributed by atoms with Gasteiger partial charge in [0.2, 0.25) is 0 Å². The fraction of sp³-hybridized carbons (Fsp3) is 0.417. The summed E-state index contributed by atoms with van der Waals surface area (Å²) < 4.78 is 42.7. The number of nitrogens with one attached hydrogen (secondary N) is 1. The third-order valence-electron chi connectivity index (χ3n) is 2.19. The molecule has 0 unspecified atom stereocenters. The fourth-order valence-electron chi connectivity index (χ4n) is 1.37. The van der Waals surface area contributed by atoms with Gasteiger partial charge in [-0.1, -0.05) is 18.2 Å². The van der Waals surface area contributed by atoms with Crippen molar-refractivity contribution in [1.29, 1.82) is 0 Å². The molecule has 0 aliphatic heterocycles. The molecule has 0 amide bonds. The Bertz CT molecular complexity index is 379. The molecule has 0 aromatic heterocycles. The van der Waals surface area contributed by atoms with Gasteiger partial charge in [0.15, 0.2) is 0 Å². The molecule has 1 aromatic carbocycles. The van der Waals surface area contributed by atoms with Crippen LogP contribution >= 0.6 is 0 Å². The number of carbonyl (C=O) groups is 1. The average molecular weight is 261 g/mol. The summed E-state index contributed by atoms with van der Waals surface area (Å²) in [5.74, 6) is -0.872. The van der Waals surface area contributed by atoms with Crippen molar-refractivity contribution in [2.24, 2.45) is 0 Å². The Morgan fingerprint density at radius 2 is 1.94 bits per heavy atom. The standard InChI is InChI=1S/C12H14F3NO2/c1-2-18-11(17)8-10(12(13,14)15)16-9-6-4-3-5-7-9/h3-7,10,16H,2,8H2,1H3/t10-/m1/s1. The van der Waals surface area contributed by atoms with Gasteiger partial charge in [0, 0.05) is 5.69 Å². The van der Waals surface area contributed by atoms with E-state index in [2.05, 4.69) is 10.1 Å². The minimum atomic E-state index is -4.51. The Morgan fingerprint density at radius 3 is 2.44 bits per heavy atom. The number of esters is 1. The molecule has 1 aromatic rings. The van der Waals surface area contributed by atoms with Crippen LogP contribution in [0.4, 0.5) is 18.9 Å². The van der Waals surface area contributed by atoms with Crippen LogP contribution in [0.2, 0.25) is 0 Å². The maximum atomic E-state index is 12.7. The highest BCUT2D eigenvalue weighted by Crippen LogP contribution is 2.26. The molecule has 0 heterocycles.